The molecule has 0 saturated carbocycles. The maximum absolute atomic E-state index is 10.7. The Hall–Kier alpha value is -1.84. The molecule has 4 heteroatoms. The van der Waals surface area contributed by atoms with Gasteiger partial charge in [0.15, 0.2) is 0 Å². The zero-order valence-corrected chi connectivity index (χ0v) is 7.51. The Kier molecular flexibility index (Phi) is 2.18. The van der Waals surface area contributed by atoms with Crippen LogP contribution in [0.3, 0.4) is 0 Å². The molecule has 1 unspecified atom stereocenters. The van der Waals surface area contributed by atoms with E-state index in [4.69, 9.17) is 10.5 Å². The molecule has 1 atom stereocenters. The van der Waals surface area contributed by atoms with E-state index in [0.717, 1.165) is 5.56 Å². The van der Waals surface area contributed by atoms with Crippen LogP contribution in [0.15, 0.2) is 35.3 Å². The Morgan fingerprint density at radius 1 is 1.43 bits per heavy atom. The molecule has 1 amide bonds. The van der Waals surface area contributed by atoms with Crippen LogP contribution in [0.5, 0.6) is 0 Å². The van der Waals surface area contributed by atoms with Gasteiger partial charge in [0.1, 0.15) is 12.6 Å². The number of ether oxygens (including phenoxy) is 1. The highest BCUT2D eigenvalue weighted by molar-refractivity contribution is 6.34. The van der Waals surface area contributed by atoms with E-state index in [-0.39, 0.29) is 11.9 Å². The van der Waals surface area contributed by atoms with Crippen molar-refractivity contribution in [1.29, 1.82) is 0 Å². The first-order valence-electron chi connectivity index (χ1n) is 4.33. The fourth-order valence-electron chi connectivity index (χ4n) is 1.35. The summed E-state index contributed by atoms with van der Waals surface area (Å²) in [6, 6.07) is 9.57. The van der Waals surface area contributed by atoms with Gasteiger partial charge in [-0.2, -0.15) is 0 Å². The van der Waals surface area contributed by atoms with Gasteiger partial charge in [0.2, 0.25) is 0 Å². The molecule has 0 aliphatic carbocycles. The molecule has 0 aromatic heterocycles. The number of nitrogens with zero attached hydrogens (tertiary/aromatic N) is 1. The highest BCUT2D eigenvalue weighted by Crippen LogP contribution is 2.22. The quantitative estimate of drug-likeness (QED) is 0.743. The van der Waals surface area contributed by atoms with E-state index in [9.17, 15) is 4.79 Å². The molecule has 2 N–H and O–H groups in total. The van der Waals surface area contributed by atoms with E-state index in [1.165, 1.54) is 0 Å². The van der Waals surface area contributed by atoms with E-state index >= 15 is 0 Å². The molecule has 0 radical (unpaired) electrons. The summed E-state index contributed by atoms with van der Waals surface area (Å²) in [5.74, 6) is -0.581. The van der Waals surface area contributed by atoms with Gasteiger partial charge in [-0.25, -0.2) is 4.99 Å². The zero-order chi connectivity index (χ0) is 9.97. The summed E-state index contributed by atoms with van der Waals surface area (Å²) < 4.78 is 5.06. The Balaban J connectivity index is 2.20. The lowest BCUT2D eigenvalue weighted by Crippen LogP contribution is -2.22. The topological polar surface area (TPSA) is 64.7 Å². The largest absolute Gasteiger partial charge is 0.471 e. The molecule has 1 aliphatic rings. The number of nitrogens with two attached hydrogens (primary N) is 1. The van der Waals surface area contributed by atoms with Crippen LogP contribution in [-0.4, -0.2) is 18.4 Å². The number of hydrogen-bond acceptors (Lipinski definition) is 3. The average Bonchev–Trinajstić information content (AvgIpc) is 2.68. The molecule has 14 heavy (non-hydrogen) atoms. The second-order valence-corrected chi connectivity index (χ2v) is 3.04. The third-order valence-corrected chi connectivity index (χ3v) is 2.05. The highest BCUT2D eigenvalue weighted by atomic mass is 16.5. The van der Waals surface area contributed by atoms with E-state index in [2.05, 4.69) is 4.99 Å². The summed E-state index contributed by atoms with van der Waals surface area (Å²) in [6.07, 6.45) is 0. The normalized spacial score (nSPS) is 20.0. The summed E-state index contributed by atoms with van der Waals surface area (Å²) >= 11 is 0. The fraction of sp³-hybridized carbons (Fsp3) is 0.200. The molecule has 4 nitrogen and oxygen atoms in total. The fourth-order valence-corrected chi connectivity index (χ4v) is 1.35. The van der Waals surface area contributed by atoms with Gasteiger partial charge < -0.3 is 10.5 Å². The van der Waals surface area contributed by atoms with Crippen LogP contribution >= 0.6 is 0 Å². The Bertz CT molecular complexity index is 373. The molecule has 0 bridgehead atoms. The monoisotopic (exact) mass is 190 g/mol. The number of carbonyl (C=O) groups excluding carboxylic acids is 1. The molecule has 0 saturated heterocycles. The van der Waals surface area contributed by atoms with Crippen molar-refractivity contribution in [2.45, 2.75) is 6.04 Å². The minimum absolute atomic E-state index is 0.0267. The van der Waals surface area contributed by atoms with Crippen molar-refractivity contribution in [1.82, 2.24) is 0 Å². The number of amides is 1. The number of benzene rings is 1. The van der Waals surface area contributed by atoms with Gasteiger partial charge in [-0.15, -0.1) is 0 Å². The molecule has 1 aliphatic heterocycles. The van der Waals surface area contributed by atoms with Gasteiger partial charge in [-0.05, 0) is 5.56 Å². The first kappa shape index (κ1) is 8.74. The second kappa shape index (κ2) is 3.49. The van der Waals surface area contributed by atoms with Crippen LogP contribution in [0.25, 0.3) is 0 Å². The summed E-state index contributed by atoms with van der Waals surface area (Å²) in [7, 11) is 0. The van der Waals surface area contributed by atoms with Crippen molar-refractivity contribution in [2.75, 3.05) is 6.61 Å². The lowest BCUT2D eigenvalue weighted by Gasteiger charge is -2.03. The second-order valence-electron chi connectivity index (χ2n) is 3.04. The van der Waals surface area contributed by atoms with E-state index < -0.39 is 5.91 Å². The van der Waals surface area contributed by atoms with Gasteiger partial charge in [0, 0.05) is 0 Å². The summed E-state index contributed by atoms with van der Waals surface area (Å²) in [6.45, 7) is 0.391. The van der Waals surface area contributed by atoms with Crippen molar-refractivity contribution in [2.24, 2.45) is 10.7 Å². The van der Waals surface area contributed by atoms with Crippen LogP contribution in [0, 0.1) is 0 Å². The molecular formula is C10H10N2O2. The maximum atomic E-state index is 10.7. The molecule has 0 spiro atoms. The van der Waals surface area contributed by atoms with Gasteiger partial charge in [-0.1, -0.05) is 30.3 Å². The smallest absolute Gasteiger partial charge is 0.303 e. The van der Waals surface area contributed by atoms with Gasteiger partial charge in [0.05, 0.1) is 0 Å². The third-order valence-electron chi connectivity index (χ3n) is 2.05. The number of primary amides is 1. The SMILES string of the molecule is NC(=O)C1=NC(c2ccccc2)CO1. The summed E-state index contributed by atoms with van der Waals surface area (Å²) in [5, 5.41) is 0. The van der Waals surface area contributed by atoms with Crippen LogP contribution in [0.2, 0.25) is 0 Å². The standard InChI is InChI=1S/C10H10N2O2/c11-9(13)10-12-8(6-14-10)7-4-2-1-3-5-7/h1-5,8H,6H2,(H2,11,13). The average molecular weight is 190 g/mol. The predicted octanol–water partition coefficient (Wildman–Crippen LogP) is 0.642. The van der Waals surface area contributed by atoms with Crippen LogP contribution in [0.1, 0.15) is 11.6 Å². The Morgan fingerprint density at radius 3 is 2.71 bits per heavy atom. The van der Waals surface area contributed by atoms with Gasteiger partial charge >= 0.3 is 5.91 Å². The maximum Gasteiger partial charge on any atom is 0.303 e. The minimum Gasteiger partial charge on any atom is -0.471 e. The molecule has 0 fully saturated rings. The van der Waals surface area contributed by atoms with Crippen LogP contribution in [-0.2, 0) is 9.53 Å². The molecule has 2 rings (SSSR count). The van der Waals surface area contributed by atoms with Gasteiger partial charge in [-0.3, -0.25) is 4.79 Å². The minimum atomic E-state index is -0.608. The Labute approximate surface area is 81.4 Å². The number of hydrogen-bond donors (Lipinski definition) is 1. The van der Waals surface area contributed by atoms with E-state index in [0.29, 0.717) is 6.61 Å². The third kappa shape index (κ3) is 1.59. The van der Waals surface area contributed by atoms with Crippen molar-refractivity contribution < 1.29 is 9.53 Å². The summed E-state index contributed by atoms with van der Waals surface area (Å²) in [5.41, 5.74) is 6.07. The van der Waals surface area contributed by atoms with Crippen LogP contribution < -0.4 is 5.73 Å². The Morgan fingerprint density at radius 2 is 2.14 bits per heavy atom. The predicted molar refractivity (Wildman–Crippen MR) is 51.8 cm³/mol. The molecule has 72 valence electrons. The molecule has 1 heterocycles. The van der Waals surface area contributed by atoms with E-state index in [1.54, 1.807) is 0 Å². The van der Waals surface area contributed by atoms with Gasteiger partial charge in [0.25, 0.3) is 5.90 Å². The van der Waals surface area contributed by atoms with Crippen molar-refractivity contribution in [3.63, 3.8) is 0 Å². The van der Waals surface area contributed by atoms with Crippen molar-refractivity contribution in [3.8, 4) is 0 Å². The van der Waals surface area contributed by atoms with E-state index in [1.807, 2.05) is 30.3 Å². The molecule has 1 aromatic rings. The number of carbonyl (C=O) groups is 1. The van der Waals surface area contributed by atoms with Crippen LogP contribution in [0.4, 0.5) is 0 Å². The lowest BCUT2D eigenvalue weighted by atomic mass is 10.1. The zero-order valence-electron chi connectivity index (χ0n) is 7.51. The summed E-state index contributed by atoms with van der Waals surface area (Å²) in [4.78, 5) is 14.8. The first-order chi connectivity index (χ1) is 6.77. The number of rotatable bonds is 2. The lowest BCUT2D eigenvalue weighted by molar-refractivity contribution is -0.113. The molecule has 1 aromatic carbocycles. The molecular weight excluding hydrogens is 180 g/mol. The number of aliphatic imine (C=N–C) groups is 1. The van der Waals surface area contributed by atoms with Crippen molar-refractivity contribution >= 4 is 11.8 Å². The van der Waals surface area contributed by atoms with Crippen molar-refractivity contribution in [3.05, 3.63) is 35.9 Å². The first-order valence-corrected chi connectivity index (χ1v) is 4.33. The highest BCUT2D eigenvalue weighted by Gasteiger charge is 2.23.